The first-order valence-electron chi connectivity index (χ1n) is 7.87. The largest absolute Gasteiger partial charge is 0.335 e. The van der Waals surface area contributed by atoms with Crippen molar-refractivity contribution in [2.45, 2.75) is 23.3 Å². The Hall–Kier alpha value is -1.75. The van der Waals surface area contributed by atoms with Crippen LogP contribution in [0.2, 0.25) is 0 Å². The maximum atomic E-state index is 12.8. The van der Waals surface area contributed by atoms with Crippen molar-refractivity contribution in [2.24, 2.45) is 0 Å². The Morgan fingerprint density at radius 2 is 1.52 bits per heavy atom. The molecule has 8 nitrogen and oxygen atoms in total. The van der Waals surface area contributed by atoms with Crippen molar-refractivity contribution in [1.82, 2.24) is 18.6 Å². The number of rotatable bonds is 4. The third kappa shape index (κ3) is 3.61. The van der Waals surface area contributed by atoms with E-state index < -0.39 is 20.0 Å². The number of aromatic amines is 1. The molecular weight excluding hydrogens is 364 g/mol. The van der Waals surface area contributed by atoms with Crippen LogP contribution in [0.1, 0.15) is 12.0 Å². The Morgan fingerprint density at radius 1 is 0.920 bits per heavy atom. The van der Waals surface area contributed by atoms with Crippen LogP contribution in [0.3, 0.4) is 0 Å². The van der Waals surface area contributed by atoms with Crippen molar-refractivity contribution in [3.63, 3.8) is 0 Å². The Morgan fingerprint density at radius 3 is 2.08 bits per heavy atom. The molecule has 1 aliphatic rings. The minimum Gasteiger partial charge on any atom is -0.335 e. The third-order valence-corrected chi connectivity index (χ3v) is 7.90. The molecule has 0 atom stereocenters. The van der Waals surface area contributed by atoms with Crippen LogP contribution in [0.25, 0.3) is 0 Å². The number of H-pyrrole nitrogens is 1. The van der Waals surface area contributed by atoms with Crippen LogP contribution in [0.4, 0.5) is 0 Å². The van der Waals surface area contributed by atoms with Crippen molar-refractivity contribution in [3.8, 4) is 0 Å². The minimum atomic E-state index is -3.69. The lowest BCUT2D eigenvalue weighted by molar-refractivity contribution is 0.403. The summed E-state index contributed by atoms with van der Waals surface area (Å²) in [5.41, 5.74) is 0.978. The zero-order valence-electron chi connectivity index (χ0n) is 13.8. The van der Waals surface area contributed by atoms with Crippen LogP contribution in [0.15, 0.2) is 46.7 Å². The first-order valence-corrected chi connectivity index (χ1v) is 10.8. The minimum absolute atomic E-state index is 0.0161. The van der Waals surface area contributed by atoms with E-state index in [4.69, 9.17) is 0 Å². The molecule has 10 heteroatoms. The summed E-state index contributed by atoms with van der Waals surface area (Å²) in [7, 11) is -7.32. The van der Waals surface area contributed by atoms with E-state index in [9.17, 15) is 16.8 Å². The van der Waals surface area contributed by atoms with Crippen molar-refractivity contribution in [2.75, 3.05) is 26.2 Å². The van der Waals surface area contributed by atoms with Gasteiger partial charge in [0.1, 0.15) is 0 Å². The van der Waals surface area contributed by atoms with Gasteiger partial charge in [-0.25, -0.2) is 21.8 Å². The number of nitrogens with one attached hydrogen (secondary N) is 1. The highest BCUT2D eigenvalue weighted by atomic mass is 32.2. The van der Waals surface area contributed by atoms with E-state index >= 15 is 0 Å². The smallest absolute Gasteiger partial charge is 0.260 e. The van der Waals surface area contributed by atoms with Gasteiger partial charge >= 0.3 is 0 Å². The maximum absolute atomic E-state index is 12.8. The molecule has 1 aromatic heterocycles. The van der Waals surface area contributed by atoms with E-state index in [1.165, 1.54) is 21.1 Å². The summed E-state index contributed by atoms with van der Waals surface area (Å²) in [6, 6.07) is 6.66. The summed E-state index contributed by atoms with van der Waals surface area (Å²) in [5, 5.41) is 0.0161. The van der Waals surface area contributed by atoms with E-state index in [0.717, 1.165) is 5.56 Å². The molecule has 2 aromatic rings. The molecule has 0 unspecified atom stereocenters. The number of hydrogen-bond donors (Lipinski definition) is 1. The van der Waals surface area contributed by atoms with Gasteiger partial charge in [0.25, 0.3) is 10.0 Å². The third-order valence-electron chi connectivity index (χ3n) is 4.16. The molecule has 1 fully saturated rings. The molecule has 1 N–H and O–H groups in total. The summed E-state index contributed by atoms with van der Waals surface area (Å²) >= 11 is 0. The lowest BCUT2D eigenvalue weighted by Gasteiger charge is -2.21. The summed E-state index contributed by atoms with van der Waals surface area (Å²) in [6.45, 7) is 2.66. The van der Waals surface area contributed by atoms with Gasteiger partial charge in [-0.2, -0.15) is 8.61 Å². The van der Waals surface area contributed by atoms with Gasteiger partial charge in [0.05, 0.1) is 17.4 Å². The molecule has 1 aromatic carbocycles. The number of nitrogens with zero attached hydrogens (tertiary/aromatic N) is 3. The highest BCUT2D eigenvalue weighted by molar-refractivity contribution is 7.89. The maximum Gasteiger partial charge on any atom is 0.260 e. The Labute approximate surface area is 147 Å². The second-order valence-corrected chi connectivity index (χ2v) is 9.73. The molecule has 0 amide bonds. The topological polar surface area (TPSA) is 103 Å². The van der Waals surface area contributed by atoms with Gasteiger partial charge in [-0.1, -0.05) is 17.7 Å². The number of hydrogen-bond acceptors (Lipinski definition) is 5. The van der Waals surface area contributed by atoms with Crippen LogP contribution in [-0.4, -0.2) is 61.6 Å². The average molecular weight is 384 g/mol. The molecule has 136 valence electrons. The number of aryl methyl sites for hydroxylation is 1. The monoisotopic (exact) mass is 384 g/mol. The molecule has 0 spiro atoms. The summed E-state index contributed by atoms with van der Waals surface area (Å²) in [6.07, 6.45) is 2.98. The van der Waals surface area contributed by atoms with Gasteiger partial charge in [0, 0.05) is 26.2 Å². The Balaban J connectivity index is 1.79. The van der Waals surface area contributed by atoms with E-state index in [2.05, 4.69) is 9.97 Å². The summed E-state index contributed by atoms with van der Waals surface area (Å²) < 4.78 is 53.3. The first-order chi connectivity index (χ1) is 11.8. The molecule has 1 aliphatic heterocycles. The van der Waals surface area contributed by atoms with Crippen molar-refractivity contribution < 1.29 is 16.8 Å². The fourth-order valence-electron chi connectivity index (χ4n) is 2.73. The van der Waals surface area contributed by atoms with Gasteiger partial charge in [0.2, 0.25) is 10.0 Å². The summed E-state index contributed by atoms with van der Waals surface area (Å²) in [5.74, 6) is 0. The average Bonchev–Trinajstić information content (AvgIpc) is 3.00. The fourth-order valence-corrected chi connectivity index (χ4v) is 5.57. The number of sulfonamides is 2. The molecule has 3 rings (SSSR count). The van der Waals surface area contributed by atoms with Gasteiger partial charge in [0.15, 0.2) is 5.03 Å². The van der Waals surface area contributed by atoms with Crippen LogP contribution < -0.4 is 0 Å². The molecule has 0 aliphatic carbocycles. The van der Waals surface area contributed by atoms with Gasteiger partial charge in [-0.05, 0) is 25.5 Å². The zero-order valence-corrected chi connectivity index (χ0v) is 15.4. The van der Waals surface area contributed by atoms with Crippen LogP contribution in [-0.2, 0) is 20.0 Å². The van der Waals surface area contributed by atoms with E-state index in [1.54, 1.807) is 24.3 Å². The van der Waals surface area contributed by atoms with Crippen LogP contribution in [0, 0.1) is 6.92 Å². The second-order valence-electron chi connectivity index (χ2n) is 5.89. The number of benzene rings is 1. The van der Waals surface area contributed by atoms with E-state index in [1.807, 2.05) is 6.92 Å². The van der Waals surface area contributed by atoms with E-state index in [-0.39, 0.29) is 36.1 Å². The Kier molecular flexibility index (Phi) is 4.96. The number of aromatic nitrogens is 2. The van der Waals surface area contributed by atoms with E-state index in [0.29, 0.717) is 6.42 Å². The molecule has 1 saturated heterocycles. The Bertz CT molecular complexity index is 922. The van der Waals surface area contributed by atoms with Crippen molar-refractivity contribution in [1.29, 1.82) is 0 Å². The van der Waals surface area contributed by atoms with Gasteiger partial charge < -0.3 is 4.98 Å². The highest BCUT2D eigenvalue weighted by Crippen LogP contribution is 2.20. The summed E-state index contributed by atoms with van der Waals surface area (Å²) in [4.78, 5) is 6.56. The first kappa shape index (κ1) is 18.1. The lowest BCUT2D eigenvalue weighted by Crippen LogP contribution is -2.37. The molecule has 0 saturated carbocycles. The van der Waals surface area contributed by atoms with Crippen LogP contribution >= 0.6 is 0 Å². The molecular formula is C15H20N4O4S2. The molecule has 0 radical (unpaired) electrons. The van der Waals surface area contributed by atoms with Crippen LogP contribution in [0.5, 0.6) is 0 Å². The van der Waals surface area contributed by atoms with Gasteiger partial charge in [-0.15, -0.1) is 0 Å². The second kappa shape index (κ2) is 6.87. The highest BCUT2D eigenvalue weighted by Gasteiger charge is 2.32. The standard InChI is InChI=1S/C15H20N4O4S2/c1-13-3-5-14(6-4-13)24(20,21)18-7-2-8-19(10-9-18)25(22,23)15-11-16-12-17-15/h3-6,11-12H,2,7-10H2,1H3,(H,16,17). The molecule has 2 heterocycles. The molecule has 0 bridgehead atoms. The lowest BCUT2D eigenvalue weighted by atomic mass is 10.2. The predicted octanol–water partition coefficient (Wildman–Crippen LogP) is 0.803. The van der Waals surface area contributed by atoms with Crippen molar-refractivity contribution >= 4 is 20.0 Å². The number of imidazole rings is 1. The fraction of sp³-hybridized carbons (Fsp3) is 0.400. The normalized spacial score (nSPS) is 18.1. The predicted molar refractivity (Wildman–Crippen MR) is 91.9 cm³/mol. The zero-order chi connectivity index (χ0) is 18.1. The van der Waals surface area contributed by atoms with Crippen molar-refractivity contribution in [3.05, 3.63) is 42.4 Å². The SMILES string of the molecule is Cc1ccc(S(=O)(=O)N2CCCN(S(=O)(=O)c3cnc[nH]3)CC2)cc1. The quantitative estimate of drug-likeness (QED) is 0.840. The molecule has 25 heavy (non-hydrogen) atoms. The van der Waals surface area contributed by atoms with Gasteiger partial charge in [-0.3, -0.25) is 0 Å².